The summed E-state index contributed by atoms with van der Waals surface area (Å²) >= 11 is 6.03. The molecule has 22 heavy (non-hydrogen) atoms. The smallest absolute Gasteiger partial charge is 0.278 e. The minimum atomic E-state index is -0.297. The molecule has 0 saturated heterocycles. The summed E-state index contributed by atoms with van der Waals surface area (Å²) in [5, 5.41) is 3.78. The van der Waals surface area contributed by atoms with Crippen LogP contribution in [0, 0.1) is 0 Å². The van der Waals surface area contributed by atoms with E-state index in [-0.39, 0.29) is 11.7 Å². The highest BCUT2D eigenvalue weighted by Gasteiger charge is 2.29. The van der Waals surface area contributed by atoms with E-state index >= 15 is 0 Å². The second kappa shape index (κ2) is 4.78. The van der Waals surface area contributed by atoms with Crippen LogP contribution in [0.5, 0.6) is 5.75 Å². The zero-order chi connectivity index (χ0) is 15.3. The molecular formula is C17H13ClN2O2. The average Bonchev–Trinajstić information content (AvgIpc) is 2.86. The highest BCUT2D eigenvalue weighted by Crippen LogP contribution is 2.39. The Hall–Kier alpha value is -2.46. The number of para-hydroxylation sites is 1. The molecular weight excluding hydrogens is 300 g/mol. The quantitative estimate of drug-likeness (QED) is 0.740. The minimum absolute atomic E-state index is 0.112. The number of fused-ring (bicyclic) bond motifs is 3. The van der Waals surface area contributed by atoms with Crippen molar-refractivity contribution in [3.8, 4) is 22.7 Å². The lowest BCUT2D eigenvalue weighted by atomic mass is 10.0. The molecule has 4 nitrogen and oxygen atoms in total. The normalized spacial score (nSPS) is 15.8. The van der Waals surface area contributed by atoms with Crippen LogP contribution in [-0.2, 0) is 0 Å². The number of hydrogen-bond donors (Lipinski definition) is 1. The van der Waals surface area contributed by atoms with Crippen LogP contribution in [0.15, 0.2) is 53.3 Å². The van der Waals surface area contributed by atoms with E-state index in [9.17, 15) is 4.79 Å². The van der Waals surface area contributed by atoms with Crippen LogP contribution in [0.25, 0.3) is 16.9 Å². The van der Waals surface area contributed by atoms with E-state index in [1.165, 1.54) is 4.68 Å². The van der Waals surface area contributed by atoms with Gasteiger partial charge in [-0.3, -0.25) is 9.89 Å². The number of aromatic amines is 1. The van der Waals surface area contributed by atoms with Gasteiger partial charge in [-0.15, -0.1) is 0 Å². The second-order valence-corrected chi connectivity index (χ2v) is 5.71. The molecule has 0 radical (unpaired) electrons. The average molecular weight is 313 g/mol. The van der Waals surface area contributed by atoms with Crippen molar-refractivity contribution in [3.63, 3.8) is 0 Å². The van der Waals surface area contributed by atoms with Gasteiger partial charge in [0.25, 0.3) is 5.56 Å². The van der Waals surface area contributed by atoms with Crippen molar-refractivity contribution in [2.45, 2.75) is 13.0 Å². The number of H-pyrrole nitrogens is 1. The van der Waals surface area contributed by atoms with Crippen molar-refractivity contribution in [1.82, 2.24) is 9.78 Å². The number of ether oxygens (including phenoxy) is 1. The molecule has 4 rings (SSSR count). The fraction of sp³-hybridized carbons (Fsp3) is 0.118. The van der Waals surface area contributed by atoms with Gasteiger partial charge < -0.3 is 4.74 Å². The molecule has 3 aromatic rings. The van der Waals surface area contributed by atoms with Crippen LogP contribution in [-0.4, -0.2) is 9.78 Å². The Morgan fingerprint density at radius 3 is 2.82 bits per heavy atom. The van der Waals surface area contributed by atoms with Gasteiger partial charge in [0.05, 0.1) is 16.9 Å². The van der Waals surface area contributed by atoms with Crippen molar-refractivity contribution in [1.29, 1.82) is 0 Å². The Bertz CT molecular complexity index is 926. The van der Waals surface area contributed by atoms with Crippen molar-refractivity contribution in [2.24, 2.45) is 0 Å². The van der Waals surface area contributed by atoms with E-state index in [1.807, 2.05) is 43.3 Å². The fourth-order valence-electron chi connectivity index (χ4n) is 2.85. The molecule has 1 aliphatic rings. The van der Waals surface area contributed by atoms with Crippen LogP contribution in [0.2, 0.25) is 5.02 Å². The zero-order valence-electron chi connectivity index (χ0n) is 11.8. The maximum absolute atomic E-state index is 12.8. The largest absolute Gasteiger partial charge is 0.485 e. The standard InChI is InChI=1S/C17H13ClN2O2/c1-10-15-16(13-7-2-3-8-14(13)22-10)19-20(17(15)21)12-6-4-5-11(18)9-12/h2-10,19H,1H3. The fourth-order valence-corrected chi connectivity index (χ4v) is 3.04. The third-order valence-electron chi connectivity index (χ3n) is 3.86. The molecule has 1 aliphatic heterocycles. The number of hydrogen-bond acceptors (Lipinski definition) is 2. The summed E-state index contributed by atoms with van der Waals surface area (Å²) in [5.74, 6) is 0.780. The van der Waals surface area contributed by atoms with Gasteiger partial charge in [0, 0.05) is 10.6 Å². The first-order chi connectivity index (χ1) is 10.6. The Balaban J connectivity index is 1.99. The summed E-state index contributed by atoms with van der Waals surface area (Å²) in [6.45, 7) is 1.88. The molecule has 5 heteroatoms. The van der Waals surface area contributed by atoms with Crippen LogP contribution < -0.4 is 10.3 Å². The number of rotatable bonds is 1. The van der Waals surface area contributed by atoms with Crippen molar-refractivity contribution >= 4 is 11.6 Å². The highest BCUT2D eigenvalue weighted by molar-refractivity contribution is 6.30. The molecule has 1 N–H and O–H groups in total. The van der Waals surface area contributed by atoms with E-state index in [4.69, 9.17) is 16.3 Å². The van der Waals surface area contributed by atoms with Crippen molar-refractivity contribution in [2.75, 3.05) is 0 Å². The first-order valence-corrected chi connectivity index (χ1v) is 7.40. The summed E-state index contributed by atoms with van der Waals surface area (Å²) in [6, 6.07) is 14.9. The molecule has 0 fully saturated rings. The third kappa shape index (κ3) is 1.88. The Morgan fingerprint density at radius 1 is 1.18 bits per heavy atom. The molecule has 0 aliphatic carbocycles. The van der Waals surface area contributed by atoms with Crippen molar-refractivity contribution < 1.29 is 4.74 Å². The molecule has 1 unspecified atom stereocenters. The number of benzene rings is 2. The number of aromatic nitrogens is 2. The lowest BCUT2D eigenvalue weighted by molar-refractivity contribution is 0.222. The van der Waals surface area contributed by atoms with Gasteiger partial charge in [-0.05, 0) is 37.3 Å². The van der Waals surface area contributed by atoms with Crippen LogP contribution in [0.1, 0.15) is 18.6 Å². The molecule has 0 amide bonds. The summed E-state index contributed by atoms with van der Waals surface area (Å²) < 4.78 is 7.37. The van der Waals surface area contributed by atoms with Gasteiger partial charge in [0.1, 0.15) is 11.9 Å². The maximum atomic E-state index is 12.8. The van der Waals surface area contributed by atoms with Crippen LogP contribution in [0.4, 0.5) is 0 Å². The van der Waals surface area contributed by atoms with Gasteiger partial charge in [0.15, 0.2) is 0 Å². The summed E-state index contributed by atoms with van der Waals surface area (Å²) in [5.41, 5.74) is 2.93. The van der Waals surface area contributed by atoms with E-state index in [2.05, 4.69) is 5.10 Å². The molecule has 1 atom stereocenters. The zero-order valence-corrected chi connectivity index (χ0v) is 12.6. The Labute approximate surface area is 131 Å². The van der Waals surface area contributed by atoms with E-state index in [0.29, 0.717) is 16.3 Å². The van der Waals surface area contributed by atoms with Crippen LogP contribution >= 0.6 is 11.6 Å². The first kappa shape index (κ1) is 13.2. The second-order valence-electron chi connectivity index (χ2n) is 5.28. The molecule has 110 valence electrons. The van der Waals surface area contributed by atoms with Gasteiger partial charge in [-0.2, -0.15) is 0 Å². The summed E-state index contributed by atoms with van der Waals surface area (Å²) in [7, 11) is 0. The lowest BCUT2D eigenvalue weighted by Crippen LogP contribution is -2.21. The third-order valence-corrected chi connectivity index (χ3v) is 4.09. The highest BCUT2D eigenvalue weighted by atomic mass is 35.5. The predicted octanol–water partition coefficient (Wildman–Crippen LogP) is 3.94. The molecule has 2 aromatic carbocycles. The van der Waals surface area contributed by atoms with Crippen molar-refractivity contribution in [3.05, 3.63) is 69.5 Å². The van der Waals surface area contributed by atoms with Crippen LogP contribution in [0.3, 0.4) is 0 Å². The monoisotopic (exact) mass is 312 g/mol. The first-order valence-electron chi connectivity index (χ1n) is 7.02. The predicted molar refractivity (Wildman–Crippen MR) is 85.9 cm³/mol. The summed E-state index contributed by atoms with van der Waals surface area (Å²) in [6.07, 6.45) is -0.297. The van der Waals surface area contributed by atoms with E-state index in [0.717, 1.165) is 17.0 Å². The minimum Gasteiger partial charge on any atom is -0.485 e. The van der Waals surface area contributed by atoms with E-state index < -0.39 is 0 Å². The topological polar surface area (TPSA) is 47.0 Å². The Morgan fingerprint density at radius 2 is 2.00 bits per heavy atom. The van der Waals surface area contributed by atoms with E-state index in [1.54, 1.807) is 12.1 Å². The van der Waals surface area contributed by atoms with Gasteiger partial charge in [0.2, 0.25) is 0 Å². The number of nitrogens with one attached hydrogen (secondary N) is 1. The SMILES string of the molecule is CC1Oc2ccccc2-c2[nH]n(-c3cccc(Cl)c3)c(=O)c21. The number of nitrogens with zero attached hydrogens (tertiary/aromatic N) is 1. The molecule has 0 bridgehead atoms. The molecule has 1 aromatic heterocycles. The maximum Gasteiger partial charge on any atom is 0.278 e. The molecule has 2 heterocycles. The lowest BCUT2D eigenvalue weighted by Gasteiger charge is -2.22. The van der Waals surface area contributed by atoms with Gasteiger partial charge >= 0.3 is 0 Å². The number of halogens is 1. The molecule has 0 spiro atoms. The molecule has 0 saturated carbocycles. The summed E-state index contributed by atoms with van der Waals surface area (Å²) in [4.78, 5) is 12.8. The van der Waals surface area contributed by atoms with Gasteiger partial charge in [-0.1, -0.05) is 29.8 Å². The Kier molecular flexibility index (Phi) is 2.87. The van der Waals surface area contributed by atoms with Gasteiger partial charge in [-0.25, -0.2) is 4.68 Å².